The molecule has 1 unspecified atom stereocenters. The molecule has 2 rings (SSSR count). The molecule has 0 spiro atoms. The predicted octanol–water partition coefficient (Wildman–Crippen LogP) is 1.31. The summed E-state index contributed by atoms with van der Waals surface area (Å²) in [6, 6.07) is 1.77. The first kappa shape index (κ1) is 18.4. The van der Waals surface area contributed by atoms with Gasteiger partial charge >= 0.3 is 0 Å². The maximum Gasteiger partial charge on any atom is 0.254 e. The summed E-state index contributed by atoms with van der Waals surface area (Å²) >= 11 is 0. The lowest BCUT2D eigenvalue weighted by atomic mass is 10.1. The first-order valence-corrected chi connectivity index (χ1v) is 8.70. The zero-order valence-electron chi connectivity index (χ0n) is 15.1. The molecule has 6 nitrogen and oxygen atoms in total. The molecule has 1 aliphatic rings. The van der Waals surface area contributed by atoms with Gasteiger partial charge in [-0.25, -0.2) is 0 Å². The fourth-order valence-electron chi connectivity index (χ4n) is 2.97. The standard InChI is InChI=1S/C18H28N4O2/c1-5-15-12-19-7-6-16(15)18(24)22-10-8-21(9-11-22)14(4)17(23)20-13(2)3/h6-7,12-14H,5,8-11H2,1-4H3,(H,20,23). The van der Waals surface area contributed by atoms with E-state index in [0.29, 0.717) is 26.2 Å². The van der Waals surface area contributed by atoms with Crippen LogP contribution in [0.3, 0.4) is 0 Å². The molecule has 0 aliphatic carbocycles. The normalized spacial score (nSPS) is 17.0. The molecule has 24 heavy (non-hydrogen) atoms. The van der Waals surface area contributed by atoms with Crippen molar-refractivity contribution in [1.82, 2.24) is 20.1 Å². The fraction of sp³-hybridized carbons (Fsp3) is 0.611. The van der Waals surface area contributed by atoms with E-state index >= 15 is 0 Å². The van der Waals surface area contributed by atoms with E-state index in [4.69, 9.17) is 0 Å². The van der Waals surface area contributed by atoms with Crippen molar-refractivity contribution in [2.75, 3.05) is 26.2 Å². The van der Waals surface area contributed by atoms with E-state index < -0.39 is 0 Å². The number of pyridine rings is 1. The zero-order chi connectivity index (χ0) is 17.7. The van der Waals surface area contributed by atoms with Crippen LogP contribution >= 0.6 is 0 Å². The third-order valence-electron chi connectivity index (χ3n) is 4.47. The molecule has 0 bridgehead atoms. The van der Waals surface area contributed by atoms with Gasteiger partial charge < -0.3 is 10.2 Å². The summed E-state index contributed by atoms with van der Waals surface area (Å²) in [6.45, 7) is 10.6. The Morgan fingerprint density at radius 3 is 2.46 bits per heavy atom. The van der Waals surface area contributed by atoms with Crippen molar-refractivity contribution >= 4 is 11.8 Å². The number of aromatic nitrogens is 1. The van der Waals surface area contributed by atoms with Gasteiger partial charge in [0.15, 0.2) is 0 Å². The highest BCUT2D eigenvalue weighted by Crippen LogP contribution is 2.14. The second-order valence-corrected chi connectivity index (χ2v) is 6.55. The van der Waals surface area contributed by atoms with Crippen LogP contribution in [0.1, 0.15) is 43.6 Å². The molecule has 1 atom stereocenters. The summed E-state index contributed by atoms with van der Waals surface area (Å²) in [5, 5.41) is 2.95. The molecule has 1 aromatic rings. The number of rotatable bonds is 5. The molecule has 0 saturated carbocycles. The Kier molecular flexibility index (Phi) is 6.31. The van der Waals surface area contributed by atoms with E-state index in [-0.39, 0.29) is 23.9 Å². The first-order chi connectivity index (χ1) is 11.4. The molecular formula is C18H28N4O2. The van der Waals surface area contributed by atoms with Crippen LogP contribution in [0.25, 0.3) is 0 Å². The molecule has 6 heteroatoms. The van der Waals surface area contributed by atoms with Crippen LogP contribution in [0, 0.1) is 0 Å². The van der Waals surface area contributed by atoms with Gasteiger partial charge in [0.05, 0.1) is 6.04 Å². The van der Waals surface area contributed by atoms with Crippen molar-refractivity contribution in [2.45, 2.75) is 46.2 Å². The van der Waals surface area contributed by atoms with Crippen molar-refractivity contribution < 1.29 is 9.59 Å². The fourth-order valence-corrected chi connectivity index (χ4v) is 2.97. The largest absolute Gasteiger partial charge is 0.353 e. The van der Waals surface area contributed by atoms with Gasteiger partial charge in [-0.15, -0.1) is 0 Å². The summed E-state index contributed by atoms with van der Waals surface area (Å²) in [4.78, 5) is 33.0. The van der Waals surface area contributed by atoms with E-state index in [1.165, 1.54) is 0 Å². The summed E-state index contributed by atoms with van der Waals surface area (Å²) < 4.78 is 0. The number of piperazine rings is 1. The second-order valence-electron chi connectivity index (χ2n) is 6.55. The van der Waals surface area contributed by atoms with E-state index in [1.807, 2.05) is 32.6 Å². The van der Waals surface area contributed by atoms with Gasteiger partial charge in [-0.1, -0.05) is 6.92 Å². The van der Waals surface area contributed by atoms with Gasteiger partial charge in [-0.2, -0.15) is 0 Å². The minimum Gasteiger partial charge on any atom is -0.353 e. The maximum atomic E-state index is 12.7. The lowest BCUT2D eigenvalue weighted by Gasteiger charge is -2.37. The molecule has 1 saturated heterocycles. The van der Waals surface area contributed by atoms with Crippen LogP contribution in [0.2, 0.25) is 0 Å². The summed E-state index contributed by atoms with van der Waals surface area (Å²) in [6.07, 6.45) is 4.23. The van der Waals surface area contributed by atoms with Crippen LogP contribution in [0.5, 0.6) is 0 Å². The highest BCUT2D eigenvalue weighted by atomic mass is 16.2. The van der Waals surface area contributed by atoms with Crippen LogP contribution < -0.4 is 5.32 Å². The third-order valence-corrected chi connectivity index (χ3v) is 4.47. The Morgan fingerprint density at radius 2 is 1.88 bits per heavy atom. The third kappa shape index (κ3) is 4.32. The van der Waals surface area contributed by atoms with E-state index in [2.05, 4.69) is 15.2 Å². The molecular weight excluding hydrogens is 304 g/mol. The number of carbonyl (C=O) groups is 2. The number of hydrogen-bond acceptors (Lipinski definition) is 4. The number of carbonyl (C=O) groups excluding carboxylic acids is 2. The Hall–Kier alpha value is -1.95. The number of nitrogens with one attached hydrogen (secondary N) is 1. The number of hydrogen-bond donors (Lipinski definition) is 1. The second kappa shape index (κ2) is 8.24. The smallest absolute Gasteiger partial charge is 0.254 e. The highest BCUT2D eigenvalue weighted by Gasteiger charge is 2.28. The van der Waals surface area contributed by atoms with Crippen LogP contribution in [0.4, 0.5) is 0 Å². The number of aryl methyl sites for hydroxylation is 1. The molecule has 2 heterocycles. The van der Waals surface area contributed by atoms with Gasteiger partial charge in [0.2, 0.25) is 5.91 Å². The van der Waals surface area contributed by atoms with Crippen molar-refractivity contribution in [1.29, 1.82) is 0 Å². The van der Waals surface area contributed by atoms with Gasteiger partial charge in [0.1, 0.15) is 0 Å². The predicted molar refractivity (Wildman–Crippen MR) is 93.8 cm³/mol. The average Bonchev–Trinajstić information content (AvgIpc) is 2.60. The summed E-state index contributed by atoms with van der Waals surface area (Å²) in [5.74, 6) is 0.111. The first-order valence-electron chi connectivity index (χ1n) is 8.70. The number of nitrogens with zero attached hydrogens (tertiary/aromatic N) is 3. The van der Waals surface area contributed by atoms with E-state index in [9.17, 15) is 9.59 Å². The van der Waals surface area contributed by atoms with Gasteiger partial charge in [-0.05, 0) is 38.8 Å². The number of amides is 2. The minimum atomic E-state index is -0.170. The molecule has 0 radical (unpaired) electrons. The molecule has 2 amide bonds. The lowest BCUT2D eigenvalue weighted by Crippen LogP contribution is -2.55. The molecule has 1 N–H and O–H groups in total. The van der Waals surface area contributed by atoms with Crippen molar-refractivity contribution in [2.24, 2.45) is 0 Å². The highest BCUT2D eigenvalue weighted by molar-refractivity contribution is 5.95. The van der Waals surface area contributed by atoms with Crippen LogP contribution in [-0.4, -0.2) is 64.9 Å². The Balaban J connectivity index is 1.95. The van der Waals surface area contributed by atoms with Crippen molar-refractivity contribution in [3.05, 3.63) is 29.6 Å². The molecule has 132 valence electrons. The van der Waals surface area contributed by atoms with E-state index in [1.54, 1.807) is 18.5 Å². The molecule has 1 aliphatic heterocycles. The summed E-state index contributed by atoms with van der Waals surface area (Å²) in [5.41, 5.74) is 1.72. The van der Waals surface area contributed by atoms with E-state index in [0.717, 1.165) is 17.5 Å². The van der Waals surface area contributed by atoms with Gasteiger partial charge in [-0.3, -0.25) is 19.5 Å². The van der Waals surface area contributed by atoms with Gasteiger partial charge in [0.25, 0.3) is 5.91 Å². The molecule has 1 aromatic heterocycles. The SMILES string of the molecule is CCc1cnccc1C(=O)N1CCN(C(C)C(=O)NC(C)C)CC1. The summed E-state index contributed by atoms with van der Waals surface area (Å²) in [7, 11) is 0. The zero-order valence-corrected chi connectivity index (χ0v) is 15.1. The lowest BCUT2D eigenvalue weighted by molar-refractivity contribution is -0.126. The van der Waals surface area contributed by atoms with Crippen molar-refractivity contribution in [3.8, 4) is 0 Å². The quantitative estimate of drug-likeness (QED) is 0.883. The van der Waals surface area contributed by atoms with Crippen LogP contribution in [-0.2, 0) is 11.2 Å². The Morgan fingerprint density at radius 1 is 1.21 bits per heavy atom. The topological polar surface area (TPSA) is 65.5 Å². The Labute approximate surface area is 144 Å². The van der Waals surface area contributed by atoms with Crippen molar-refractivity contribution in [3.63, 3.8) is 0 Å². The van der Waals surface area contributed by atoms with Crippen LogP contribution in [0.15, 0.2) is 18.5 Å². The maximum absolute atomic E-state index is 12.7. The monoisotopic (exact) mass is 332 g/mol. The average molecular weight is 332 g/mol. The minimum absolute atomic E-state index is 0.0483. The Bertz CT molecular complexity index is 580. The molecule has 1 fully saturated rings. The van der Waals surface area contributed by atoms with Gasteiger partial charge in [0, 0.05) is 50.2 Å². The molecule has 0 aromatic carbocycles.